The predicted molar refractivity (Wildman–Crippen MR) is 81.1 cm³/mol. The molecule has 0 N–H and O–H groups in total. The van der Waals surface area contributed by atoms with E-state index in [1.54, 1.807) is 0 Å². The lowest BCUT2D eigenvalue weighted by Gasteiger charge is -2.14. The van der Waals surface area contributed by atoms with Crippen molar-refractivity contribution in [2.45, 2.75) is 20.3 Å². The van der Waals surface area contributed by atoms with Crippen molar-refractivity contribution in [2.75, 3.05) is 0 Å². The van der Waals surface area contributed by atoms with Gasteiger partial charge in [0.2, 0.25) is 5.78 Å². The van der Waals surface area contributed by atoms with Gasteiger partial charge in [0.15, 0.2) is 5.78 Å². The number of carbonyl (C=O) groups is 4. The quantitative estimate of drug-likeness (QED) is 0.597. The first-order chi connectivity index (χ1) is 10.7. The number of rotatable bonds is 2. The molecule has 1 aliphatic carbocycles. The van der Waals surface area contributed by atoms with Crippen LogP contribution in [0.3, 0.4) is 0 Å². The lowest BCUT2D eigenvalue weighted by atomic mass is 9.98. The predicted octanol–water partition coefficient (Wildman–Crippen LogP) is 3.00. The Hall–Kier alpha value is -2.18. The van der Waals surface area contributed by atoms with Crippen LogP contribution in [0, 0.1) is 0 Å². The first-order valence-electron chi connectivity index (χ1n) is 6.38. The first kappa shape index (κ1) is 17.2. The van der Waals surface area contributed by atoms with Gasteiger partial charge >= 0.3 is 11.9 Å². The molecule has 0 atom stereocenters. The van der Waals surface area contributed by atoms with Crippen molar-refractivity contribution in [3.8, 4) is 11.5 Å². The molecule has 2 rings (SSSR count). The van der Waals surface area contributed by atoms with Crippen molar-refractivity contribution >= 4 is 46.7 Å². The summed E-state index contributed by atoms with van der Waals surface area (Å²) in [5.41, 5.74) is -0.456. The van der Waals surface area contributed by atoms with E-state index in [-0.39, 0.29) is 39.1 Å². The summed E-state index contributed by atoms with van der Waals surface area (Å²) in [6, 6.07) is 2.50. The molecule has 0 aromatic heterocycles. The number of hydrogen-bond donors (Lipinski definition) is 0. The zero-order chi connectivity index (χ0) is 17.3. The van der Waals surface area contributed by atoms with Gasteiger partial charge in [-0.2, -0.15) is 0 Å². The monoisotopic (exact) mass is 356 g/mol. The molecule has 0 saturated carbocycles. The Bertz CT molecular complexity index is 778. The van der Waals surface area contributed by atoms with Crippen LogP contribution in [0.4, 0.5) is 0 Å². The Morgan fingerprint density at radius 2 is 1.43 bits per heavy atom. The molecule has 0 amide bonds. The summed E-state index contributed by atoms with van der Waals surface area (Å²) in [5, 5.41) is -0.493. The number of ketones is 2. The van der Waals surface area contributed by atoms with Crippen molar-refractivity contribution in [3.63, 3.8) is 0 Å². The first-order valence-corrected chi connectivity index (χ1v) is 7.13. The van der Waals surface area contributed by atoms with Crippen LogP contribution < -0.4 is 9.47 Å². The normalized spacial score (nSPS) is 14.3. The minimum absolute atomic E-state index is 0.127. The maximum absolute atomic E-state index is 12.5. The molecule has 1 aliphatic rings. The average molecular weight is 357 g/mol. The number of Topliss-reactive ketones (excluding diaryl/α,β-unsaturated/α-hetero) is 2. The van der Waals surface area contributed by atoms with Gasteiger partial charge in [0.25, 0.3) is 0 Å². The fraction of sp³-hybridized carbons (Fsp3) is 0.200. The summed E-state index contributed by atoms with van der Waals surface area (Å²) >= 11 is 11.7. The number of esters is 2. The summed E-state index contributed by atoms with van der Waals surface area (Å²) in [6.45, 7) is 2.29. The summed E-state index contributed by atoms with van der Waals surface area (Å²) in [5.74, 6) is -3.03. The maximum atomic E-state index is 12.5. The van der Waals surface area contributed by atoms with E-state index < -0.39 is 23.5 Å². The molecule has 1 aromatic rings. The number of fused-ring (bicyclic) bond motifs is 1. The van der Waals surface area contributed by atoms with E-state index in [1.165, 1.54) is 12.1 Å². The number of ether oxygens (including phenoxy) is 2. The molecule has 0 radical (unpaired) electrons. The van der Waals surface area contributed by atoms with E-state index >= 15 is 0 Å². The lowest BCUT2D eigenvalue weighted by Crippen LogP contribution is -2.14. The molecule has 1 aromatic carbocycles. The molecule has 120 valence electrons. The molecule has 0 bridgehead atoms. The molecular weight excluding hydrogens is 347 g/mol. The number of allylic oxidation sites excluding steroid dienone is 2. The van der Waals surface area contributed by atoms with Crippen LogP contribution >= 0.6 is 23.2 Å². The second-order valence-corrected chi connectivity index (χ2v) is 5.48. The van der Waals surface area contributed by atoms with Gasteiger partial charge in [-0.3, -0.25) is 19.2 Å². The van der Waals surface area contributed by atoms with E-state index in [2.05, 4.69) is 0 Å². The SMILES string of the molecule is CC(=O)Oc1ccc(OC(C)=O)c2c1C(=O)CC(Cl)=C(Cl)C2=O. The Labute approximate surface area is 141 Å². The highest BCUT2D eigenvalue weighted by molar-refractivity contribution is 6.52. The summed E-state index contributed by atoms with van der Waals surface area (Å²) in [6.07, 6.45) is -0.336. The van der Waals surface area contributed by atoms with Gasteiger partial charge < -0.3 is 9.47 Å². The van der Waals surface area contributed by atoms with Gasteiger partial charge in [0.1, 0.15) is 16.5 Å². The third kappa shape index (κ3) is 3.43. The molecule has 0 heterocycles. The van der Waals surface area contributed by atoms with Gasteiger partial charge in [0.05, 0.1) is 11.1 Å². The molecule has 0 unspecified atom stereocenters. The molecule has 0 saturated heterocycles. The maximum Gasteiger partial charge on any atom is 0.308 e. The highest BCUT2D eigenvalue weighted by atomic mass is 35.5. The second kappa shape index (κ2) is 6.52. The van der Waals surface area contributed by atoms with Crippen LogP contribution in [0.5, 0.6) is 11.5 Å². The summed E-state index contributed by atoms with van der Waals surface area (Å²) in [4.78, 5) is 47.3. The third-order valence-electron chi connectivity index (χ3n) is 2.90. The van der Waals surface area contributed by atoms with Crippen molar-refractivity contribution in [2.24, 2.45) is 0 Å². The largest absolute Gasteiger partial charge is 0.426 e. The van der Waals surface area contributed by atoms with Gasteiger partial charge in [-0.1, -0.05) is 23.2 Å². The van der Waals surface area contributed by atoms with Crippen molar-refractivity contribution in [1.29, 1.82) is 0 Å². The fourth-order valence-corrected chi connectivity index (χ4v) is 2.45. The molecule has 8 heteroatoms. The Morgan fingerprint density at radius 3 is 1.91 bits per heavy atom. The van der Waals surface area contributed by atoms with Crippen molar-refractivity contribution < 1.29 is 28.7 Å². The summed E-state index contributed by atoms with van der Waals surface area (Å²) < 4.78 is 9.91. The van der Waals surface area contributed by atoms with Gasteiger partial charge in [-0.15, -0.1) is 0 Å². The van der Waals surface area contributed by atoms with Gasteiger partial charge in [-0.05, 0) is 12.1 Å². The van der Waals surface area contributed by atoms with E-state index in [4.69, 9.17) is 32.7 Å². The Balaban J connectivity index is 2.77. The van der Waals surface area contributed by atoms with Gasteiger partial charge in [-0.25, -0.2) is 0 Å². The standard InChI is InChI=1S/C15H10Cl2O6/c1-6(18)22-10-3-4-11(23-7(2)19)13-12(10)9(20)5-8(16)14(17)15(13)21/h3-4H,5H2,1-2H3. The Kier molecular flexibility index (Phi) is 4.87. The van der Waals surface area contributed by atoms with Crippen molar-refractivity contribution in [3.05, 3.63) is 33.3 Å². The number of halogens is 2. The zero-order valence-corrected chi connectivity index (χ0v) is 13.6. The fourth-order valence-electron chi connectivity index (χ4n) is 2.09. The van der Waals surface area contributed by atoms with Crippen LogP contribution in [0.15, 0.2) is 22.2 Å². The van der Waals surface area contributed by atoms with E-state index in [9.17, 15) is 19.2 Å². The molecule has 0 fully saturated rings. The van der Waals surface area contributed by atoms with Crippen LogP contribution in [0.1, 0.15) is 41.0 Å². The smallest absolute Gasteiger partial charge is 0.308 e. The second-order valence-electron chi connectivity index (χ2n) is 4.65. The average Bonchev–Trinajstić information content (AvgIpc) is 2.52. The molecule has 6 nitrogen and oxygen atoms in total. The number of carbonyl (C=O) groups excluding carboxylic acids is 4. The number of benzene rings is 1. The van der Waals surface area contributed by atoms with Crippen LogP contribution in [-0.2, 0) is 9.59 Å². The van der Waals surface area contributed by atoms with Crippen molar-refractivity contribution in [1.82, 2.24) is 0 Å². The third-order valence-corrected chi connectivity index (χ3v) is 3.71. The molecular formula is C15H10Cl2O6. The molecule has 23 heavy (non-hydrogen) atoms. The van der Waals surface area contributed by atoms with E-state index in [0.29, 0.717) is 0 Å². The van der Waals surface area contributed by atoms with Crippen LogP contribution in [-0.4, -0.2) is 23.5 Å². The lowest BCUT2D eigenvalue weighted by molar-refractivity contribution is -0.133. The molecule has 0 spiro atoms. The zero-order valence-electron chi connectivity index (χ0n) is 12.1. The van der Waals surface area contributed by atoms with E-state index in [0.717, 1.165) is 13.8 Å². The van der Waals surface area contributed by atoms with Gasteiger partial charge in [0, 0.05) is 25.3 Å². The van der Waals surface area contributed by atoms with Crippen LogP contribution in [0.2, 0.25) is 0 Å². The minimum Gasteiger partial charge on any atom is -0.426 e. The summed E-state index contributed by atoms with van der Waals surface area (Å²) in [7, 11) is 0. The highest BCUT2D eigenvalue weighted by Crippen LogP contribution is 2.39. The minimum atomic E-state index is -0.789. The number of hydrogen-bond acceptors (Lipinski definition) is 6. The van der Waals surface area contributed by atoms with Crippen LogP contribution in [0.25, 0.3) is 0 Å². The topological polar surface area (TPSA) is 86.7 Å². The van der Waals surface area contributed by atoms with E-state index in [1.807, 2.05) is 0 Å². The highest BCUT2D eigenvalue weighted by Gasteiger charge is 2.33. The molecule has 0 aliphatic heterocycles. The Morgan fingerprint density at radius 1 is 0.957 bits per heavy atom.